The lowest BCUT2D eigenvalue weighted by Gasteiger charge is -2.41. The molecule has 0 aromatic carbocycles. The van der Waals surface area contributed by atoms with Gasteiger partial charge in [0.1, 0.15) is 0 Å². The van der Waals surface area contributed by atoms with Crippen molar-refractivity contribution in [3.05, 3.63) is 11.6 Å². The Bertz CT molecular complexity index is 246. The quantitative estimate of drug-likeness (QED) is 0.484. The van der Waals surface area contributed by atoms with Crippen LogP contribution in [-0.2, 0) is 0 Å². The van der Waals surface area contributed by atoms with Crippen molar-refractivity contribution in [1.29, 1.82) is 0 Å². The van der Waals surface area contributed by atoms with Crippen molar-refractivity contribution in [2.75, 3.05) is 0 Å². The molecule has 0 aromatic rings. The maximum Gasteiger partial charge on any atom is -0.0173 e. The molecule has 1 saturated carbocycles. The average Bonchev–Trinajstić information content (AvgIpc) is 2.18. The van der Waals surface area contributed by atoms with Crippen LogP contribution in [0.2, 0.25) is 0 Å². The van der Waals surface area contributed by atoms with Crippen molar-refractivity contribution in [1.82, 2.24) is 0 Å². The molecule has 0 aliphatic heterocycles. The molecule has 2 aliphatic rings. The van der Waals surface area contributed by atoms with E-state index in [1.54, 1.807) is 5.57 Å². The third kappa shape index (κ3) is 2.46. The van der Waals surface area contributed by atoms with Crippen molar-refractivity contribution in [2.24, 2.45) is 10.8 Å². The minimum Gasteiger partial charge on any atom is -0.0842 e. The molecule has 1 fully saturated rings. The van der Waals surface area contributed by atoms with Crippen LogP contribution in [0.1, 0.15) is 72.1 Å². The summed E-state index contributed by atoms with van der Waals surface area (Å²) in [6.45, 7) is 7.08. The zero-order valence-electron chi connectivity index (χ0n) is 10.7. The summed E-state index contributed by atoms with van der Waals surface area (Å²) in [5.41, 5.74) is 2.85. The van der Waals surface area contributed by atoms with Crippen LogP contribution in [0.25, 0.3) is 0 Å². The van der Waals surface area contributed by atoms with Crippen molar-refractivity contribution in [3.63, 3.8) is 0 Å². The Kier molecular flexibility index (Phi) is 2.96. The lowest BCUT2D eigenvalue weighted by atomic mass is 9.64. The highest BCUT2D eigenvalue weighted by Crippen LogP contribution is 2.49. The SMILES string of the molecule is CC(C)(C)C1=CCC2(CCCCC2)CC1. The van der Waals surface area contributed by atoms with Crippen LogP contribution in [0.15, 0.2) is 11.6 Å². The van der Waals surface area contributed by atoms with E-state index in [4.69, 9.17) is 0 Å². The summed E-state index contributed by atoms with van der Waals surface area (Å²) in [4.78, 5) is 0. The van der Waals surface area contributed by atoms with E-state index in [0.717, 1.165) is 5.41 Å². The van der Waals surface area contributed by atoms with Gasteiger partial charge in [-0.2, -0.15) is 0 Å². The summed E-state index contributed by atoms with van der Waals surface area (Å²) in [6, 6.07) is 0. The second kappa shape index (κ2) is 3.96. The van der Waals surface area contributed by atoms with Gasteiger partial charge in [-0.25, -0.2) is 0 Å². The van der Waals surface area contributed by atoms with Crippen molar-refractivity contribution >= 4 is 0 Å². The van der Waals surface area contributed by atoms with E-state index in [0.29, 0.717) is 5.41 Å². The van der Waals surface area contributed by atoms with Gasteiger partial charge < -0.3 is 0 Å². The Morgan fingerprint density at radius 2 is 1.67 bits per heavy atom. The summed E-state index contributed by atoms with van der Waals surface area (Å²) in [7, 11) is 0. The summed E-state index contributed by atoms with van der Waals surface area (Å²) < 4.78 is 0. The molecule has 0 amide bonds. The van der Waals surface area contributed by atoms with Gasteiger partial charge in [-0.1, -0.05) is 51.7 Å². The van der Waals surface area contributed by atoms with Gasteiger partial charge in [-0.3, -0.25) is 0 Å². The van der Waals surface area contributed by atoms with Crippen LogP contribution in [0.4, 0.5) is 0 Å². The number of rotatable bonds is 0. The maximum absolute atomic E-state index is 2.58. The van der Waals surface area contributed by atoms with E-state index >= 15 is 0 Å². The molecule has 1 spiro atoms. The molecule has 86 valence electrons. The summed E-state index contributed by atoms with van der Waals surface area (Å²) in [5.74, 6) is 0. The van der Waals surface area contributed by atoms with Gasteiger partial charge >= 0.3 is 0 Å². The van der Waals surface area contributed by atoms with Crippen LogP contribution in [-0.4, -0.2) is 0 Å². The van der Waals surface area contributed by atoms with Crippen LogP contribution >= 0.6 is 0 Å². The van der Waals surface area contributed by atoms with Gasteiger partial charge in [0.15, 0.2) is 0 Å². The first-order valence-corrected chi connectivity index (χ1v) is 6.71. The van der Waals surface area contributed by atoms with Gasteiger partial charge in [0.25, 0.3) is 0 Å². The molecule has 0 bridgehead atoms. The highest BCUT2D eigenvalue weighted by Gasteiger charge is 2.34. The topological polar surface area (TPSA) is 0 Å². The molecule has 15 heavy (non-hydrogen) atoms. The third-order valence-electron chi connectivity index (χ3n) is 4.58. The lowest BCUT2D eigenvalue weighted by molar-refractivity contribution is 0.162. The monoisotopic (exact) mass is 206 g/mol. The third-order valence-corrected chi connectivity index (χ3v) is 4.58. The van der Waals surface area contributed by atoms with E-state index in [9.17, 15) is 0 Å². The minimum absolute atomic E-state index is 0.413. The lowest BCUT2D eigenvalue weighted by Crippen LogP contribution is -2.28. The Hall–Kier alpha value is -0.260. The first-order valence-electron chi connectivity index (χ1n) is 6.71. The van der Waals surface area contributed by atoms with Gasteiger partial charge in [-0.15, -0.1) is 0 Å². The molecule has 0 heterocycles. The van der Waals surface area contributed by atoms with Gasteiger partial charge in [0.2, 0.25) is 0 Å². The molecule has 0 unspecified atom stereocenters. The smallest absolute Gasteiger partial charge is 0.0173 e. The predicted molar refractivity (Wildman–Crippen MR) is 66.9 cm³/mol. The average molecular weight is 206 g/mol. The summed E-state index contributed by atoms with van der Waals surface area (Å²) in [5, 5.41) is 0. The van der Waals surface area contributed by atoms with E-state index < -0.39 is 0 Å². The van der Waals surface area contributed by atoms with Crippen molar-refractivity contribution in [2.45, 2.75) is 72.1 Å². The van der Waals surface area contributed by atoms with Crippen LogP contribution < -0.4 is 0 Å². The zero-order chi connectivity index (χ0) is 10.9. The molecular weight excluding hydrogens is 180 g/mol. The molecule has 0 nitrogen and oxygen atoms in total. The molecule has 2 rings (SSSR count). The first kappa shape index (κ1) is 11.2. The fourth-order valence-electron chi connectivity index (χ4n) is 3.38. The molecular formula is C15H26. The van der Waals surface area contributed by atoms with Crippen LogP contribution in [0.5, 0.6) is 0 Å². The molecule has 0 aromatic heterocycles. The summed E-state index contributed by atoms with van der Waals surface area (Å²) in [6.07, 6.45) is 14.2. The largest absolute Gasteiger partial charge is 0.0842 e. The standard InChI is InChI=1S/C15H26/c1-14(2,3)13-7-11-15(12-8-13)9-5-4-6-10-15/h7H,4-6,8-12H2,1-3H3. The molecule has 0 atom stereocenters. The molecule has 2 aliphatic carbocycles. The van der Waals surface area contributed by atoms with Crippen molar-refractivity contribution < 1.29 is 0 Å². The Morgan fingerprint density at radius 3 is 2.13 bits per heavy atom. The molecule has 0 saturated heterocycles. The molecule has 0 heteroatoms. The predicted octanol–water partition coefficient (Wildman–Crippen LogP) is 5.09. The Morgan fingerprint density at radius 1 is 1.00 bits per heavy atom. The van der Waals surface area contributed by atoms with E-state index in [2.05, 4.69) is 26.8 Å². The highest BCUT2D eigenvalue weighted by atomic mass is 14.4. The second-order valence-corrected chi connectivity index (χ2v) is 6.74. The fourth-order valence-corrected chi connectivity index (χ4v) is 3.38. The van der Waals surface area contributed by atoms with E-state index in [1.807, 2.05) is 0 Å². The number of hydrogen-bond donors (Lipinski definition) is 0. The number of allylic oxidation sites excluding steroid dienone is 2. The fraction of sp³-hybridized carbons (Fsp3) is 0.867. The summed E-state index contributed by atoms with van der Waals surface area (Å²) >= 11 is 0. The normalized spacial score (nSPS) is 26.5. The van der Waals surface area contributed by atoms with Gasteiger partial charge in [0.05, 0.1) is 0 Å². The maximum atomic E-state index is 2.58. The van der Waals surface area contributed by atoms with Gasteiger partial charge in [0, 0.05) is 0 Å². The molecule has 0 N–H and O–H groups in total. The van der Waals surface area contributed by atoms with Crippen LogP contribution in [0.3, 0.4) is 0 Å². The van der Waals surface area contributed by atoms with Crippen LogP contribution in [0, 0.1) is 10.8 Å². The van der Waals surface area contributed by atoms with Crippen molar-refractivity contribution in [3.8, 4) is 0 Å². The van der Waals surface area contributed by atoms with E-state index in [1.165, 1.54) is 51.4 Å². The Labute approximate surface area is 95.1 Å². The van der Waals surface area contributed by atoms with E-state index in [-0.39, 0.29) is 0 Å². The minimum atomic E-state index is 0.413. The number of hydrogen-bond acceptors (Lipinski definition) is 0. The zero-order valence-corrected chi connectivity index (χ0v) is 10.7. The highest BCUT2D eigenvalue weighted by molar-refractivity contribution is 5.16. The second-order valence-electron chi connectivity index (χ2n) is 6.74. The molecule has 0 radical (unpaired) electrons. The first-order chi connectivity index (χ1) is 7.02. The Balaban J connectivity index is 2.04. The van der Waals surface area contributed by atoms with Gasteiger partial charge in [-0.05, 0) is 42.9 Å².